The highest BCUT2D eigenvalue weighted by Gasteiger charge is 2.18. The van der Waals surface area contributed by atoms with Crippen molar-refractivity contribution in [1.82, 2.24) is 9.80 Å². The lowest BCUT2D eigenvalue weighted by molar-refractivity contribution is -0.132. The van der Waals surface area contributed by atoms with Gasteiger partial charge in [-0.3, -0.25) is 4.79 Å². The second-order valence-electron chi connectivity index (χ2n) is 6.81. The van der Waals surface area contributed by atoms with Crippen molar-refractivity contribution in [3.8, 4) is 0 Å². The topological polar surface area (TPSA) is 23.6 Å². The van der Waals surface area contributed by atoms with E-state index in [1.807, 2.05) is 4.90 Å². The molecule has 3 nitrogen and oxygen atoms in total. The first-order chi connectivity index (χ1) is 8.38. The minimum atomic E-state index is 0.360. The molecule has 1 amide bonds. The SMILES string of the molecule is CN1CCN(C(=O)CCCCCC(C)(C)C)CC1. The normalized spacial score (nSPS) is 18.1. The number of likely N-dealkylation sites (N-methyl/N-ethyl adjacent to an activating group) is 1. The predicted octanol–water partition coefficient (Wildman–Crippen LogP) is 2.76. The fourth-order valence-electron chi connectivity index (χ4n) is 2.32. The molecule has 106 valence electrons. The smallest absolute Gasteiger partial charge is 0.222 e. The summed E-state index contributed by atoms with van der Waals surface area (Å²) in [6.07, 6.45) is 5.50. The van der Waals surface area contributed by atoms with E-state index in [1.54, 1.807) is 0 Å². The van der Waals surface area contributed by atoms with Gasteiger partial charge < -0.3 is 9.80 Å². The number of amides is 1. The van der Waals surface area contributed by atoms with E-state index >= 15 is 0 Å². The van der Waals surface area contributed by atoms with E-state index in [0.717, 1.165) is 39.0 Å². The molecule has 0 spiro atoms. The van der Waals surface area contributed by atoms with Gasteiger partial charge in [0.15, 0.2) is 0 Å². The van der Waals surface area contributed by atoms with Crippen LogP contribution in [-0.2, 0) is 4.79 Å². The van der Waals surface area contributed by atoms with Gasteiger partial charge in [0.05, 0.1) is 0 Å². The lowest BCUT2D eigenvalue weighted by Gasteiger charge is -2.32. The Kier molecular flexibility index (Phi) is 6.13. The van der Waals surface area contributed by atoms with Gasteiger partial charge in [-0.15, -0.1) is 0 Å². The fourth-order valence-corrected chi connectivity index (χ4v) is 2.32. The maximum Gasteiger partial charge on any atom is 0.222 e. The fraction of sp³-hybridized carbons (Fsp3) is 0.933. The minimum absolute atomic E-state index is 0.360. The van der Waals surface area contributed by atoms with E-state index in [1.165, 1.54) is 19.3 Å². The number of hydrogen-bond donors (Lipinski definition) is 0. The molecule has 1 fully saturated rings. The van der Waals surface area contributed by atoms with Crippen molar-refractivity contribution < 1.29 is 4.79 Å². The third-order valence-corrected chi connectivity index (χ3v) is 3.67. The summed E-state index contributed by atoms with van der Waals surface area (Å²) < 4.78 is 0. The average molecular weight is 254 g/mol. The molecule has 0 radical (unpaired) electrons. The largest absolute Gasteiger partial charge is 0.340 e. The van der Waals surface area contributed by atoms with Crippen LogP contribution in [0.3, 0.4) is 0 Å². The highest BCUT2D eigenvalue weighted by Crippen LogP contribution is 2.22. The average Bonchev–Trinajstić information content (AvgIpc) is 2.27. The maximum atomic E-state index is 12.0. The summed E-state index contributed by atoms with van der Waals surface area (Å²) >= 11 is 0. The zero-order valence-corrected chi connectivity index (χ0v) is 12.7. The quantitative estimate of drug-likeness (QED) is 0.704. The summed E-state index contributed by atoms with van der Waals surface area (Å²) in [5.74, 6) is 0.360. The molecular formula is C15H30N2O. The number of nitrogens with zero attached hydrogens (tertiary/aromatic N) is 2. The highest BCUT2D eigenvalue weighted by atomic mass is 16.2. The van der Waals surface area contributed by atoms with Crippen molar-refractivity contribution in [1.29, 1.82) is 0 Å². The number of unbranched alkanes of at least 4 members (excludes halogenated alkanes) is 2. The molecule has 0 aliphatic carbocycles. The first-order valence-corrected chi connectivity index (χ1v) is 7.35. The van der Waals surface area contributed by atoms with Gasteiger partial charge in [0, 0.05) is 32.6 Å². The zero-order chi connectivity index (χ0) is 13.6. The molecule has 18 heavy (non-hydrogen) atoms. The Morgan fingerprint density at radius 3 is 2.17 bits per heavy atom. The van der Waals surface area contributed by atoms with Crippen molar-refractivity contribution in [3.63, 3.8) is 0 Å². The first-order valence-electron chi connectivity index (χ1n) is 7.35. The first kappa shape index (κ1) is 15.5. The van der Waals surface area contributed by atoms with E-state index < -0.39 is 0 Å². The minimum Gasteiger partial charge on any atom is -0.340 e. The van der Waals surface area contributed by atoms with Gasteiger partial charge in [-0.25, -0.2) is 0 Å². The predicted molar refractivity (Wildman–Crippen MR) is 76.6 cm³/mol. The van der Waals surface area contributed by atoms with Gasteiger partial charge in [-0.1, -0.05) is 33.6 Å². The van der Waals surface area contributed by atoms with Gasteiger partial charge in [0.25, 0.3) is 0 Å². The Balaban J connectivity index is 2.07. The van der Waals surface area contributed by atoms with Gasteiger partial charge in [0.1, 0.15) is 0 Å². The standard InChI is InChI=1S/C15H30N2O/c1-15(2,3)9-7-5-6-8-14(18)17-12-10-16(4)11-13-17/h5-13H2,1-4H3. The van der Waals surface area contributed by atoms with E-state index in [-0.39, 0.29) is 0 Å². The summed E-state index contributed by atoms with van der Waals surface area (Å²) in [5.41, 5.74) is 0.432. The molecule has 1 heterocycles. The van der Waals surface area contributed by atoms with Crippen molar-refractivity contribution in [3.05, 3.63) is 0 Å². The van der Waals surface area contributed by atoms with Gasteiger partial charge in [-0.2, -0.15) is 0 Å². The van der Waals surface area contributed by atoms with Crippen LogP contribution in [0, 0.1) is 5.41 Å². The molecular weight excluding hydrogens is 224 g/mol. The number of piperazine rings is 1. The third kappa shape index (κ3) is 6.39. The van der Waals surface area contributed by atoms with Crippen LogP contribution in [0.2, 0.25) is 0 Å². The van der Waals surface area contributed by atoms with Crippen LogP contribution in [0.15, 0.2) is 0 Å². The van der Waals surface area contributed by atoms with Crippen molar-refractivity contribution >= 4 is 5.91 Å². The summed E-state index contributed by atoms with van der Waals surface area (Å²) in [7, 11) is 2.12. The lowest BCUT2D eigenvalue weighted by atomic mass is 9.89. The van der Waals surface area contributed by atoms with E-state index in [4.69, 9.17) is 0 Å². The lowest BCUT2D eigenvalue weighted by Crippen LogP contribution is -2.47. The van der Waals surface area contributed by atoms with Crippen LogP contribution >= 0.6 is 0 Å². The number of rotatable bonds is 5. The summed E-state index contributed by atoms with van der Waals surface area (Å²) in [6.45, 7) is 10.7. The number of hydrogen-bond acceptors (Lipinski definition) is 2. The Morgan fingerprint density at radius 2 is 1.61 bits per heavy atom. The molecule has 3 heteroatoms. The molecule has 0 aromatic carbocycles. The highest BCUT2D eigenvalue weighted by molar-refractivity contribution is 5.76. The second kappa shape index (κ2) is 7.13. The van der Waals surface area contributed by atoms with Crippen molar-refractivity contribution in [2.24, 2.45) is 5.41 Å². The number of carbonyl (C=O) groups is 1. The molecule has 1 saturated heterocycles. The van der Waals surface area contributed by atoms with Crippen LogP contribution in [-0.4, -0.2) is 48.9 Å². The van der Waals surface area contributed by atoms with E-state index in [2.05, 4.69) is 32.7 Å². The Labute approximate surface area is 113 Å². The van der Waals surface area contributed by atoms with Crippen LogP contribution < -0.4 is 0 Å². The Morgan fingerprint density at radius 1 is 1.00 bits per heavy atom. The summed E-state index contributed by atoms with van der Waals surface area (Å²) in [4.78, 5) is 16.3. The van der Waals surface area contributed by atoms with Gasteiger partial charge in [-0.05, 0) is 25.3 Å². The van der Waals surface area contributed by atoms with E-state index in [9.17, 15) is 4.79 Å². The third-order valence-electron chi connectivity index (χ3n) is 3.67. The summed E-state index contributed by atoms with van der Waals surface area (Å²) in [5, 5.41) is 0. The number of carbonyl (C=O) groups excluding carboxylic acids is 1. The molecule has 0 bridgehead atoms. The van der Waals surface area contributed by atoms with Gasteiger partial charge >= 0.3 is 0 Å². The van der Waals surface area contributed by atoms with Crippen molar-refractivity contribution in [2.75, 3.05) is 33.2 Å². The molecule has 0 aromatic rings. The van der Waals surface area contributed by atoms with Crippen LogP contribution in [0.5, 0.6) is 0 Å². The second-order valence-corrected chi connectivity index (χ2v) is 6.81. The molecule has 1 aliphatic rings. The molecule has 0 aromatic heterocycles. The zero-order valence-electron chi connectivity index (χ0n) is 12.7. The summed E-state index contributed by atoms with van der Waals surface area (Å²) in [6, 6.07) is 0. The molecule has 0 N–H and O–H groups in total. The van der Waals surface area contributed by atoms with Crippen LogP contribution in [0.4, 0.5) is 0 Å². The molecule has 0 saturated carbocycles. The van der Waals surface area contributed by atoms with Crippen molar-refractivity contribution in [2.45, 2.75) is 52.9 Å². The monoisotopic (exact) mass is 254 g/mol. The van der Waals surface area contributed by atoms with Gasteiger partial charge in [0.2, 0.25) is 5.91 Å². The molecule has 1 aliphatic heterocycles. The van der Waals surface area contributed by atoms with E-state index in [0.29, 0.717) is 11.3 Å². The van der Waals surface area contributed by atoms with Crippen LogP contribution in [0.1, 0.15) is 52.9 Å². The molecule has 0 unspecified atom stereocenters. The Hall–Kier alpha value is -0.570. The molecule has 0 atom stereocenters. The van der Waals surface area contributed by atoms with Crippen LogP contribution in [0.25, 0.3) is 0 Å². The molecule has 1 rings (SSSR count). The maximum absolute atomic E-state index is 12.0. The Bertz CT molecular complexity index is 250.